The number of carbonyl (C=O) groups excluding carboxylic acids is 2. The highest BCUT2D eigenvalue weighted by atomic mass is 16.7. The second-order valence-corrected chi connectivity index (χ2v) is 10.3. The number of ether oxygens (including phenoxy) is 3. The van der Waals surface area contributed by atoms with Gasteiger partial charge in [0.15, 0.2) is 5.75 Å². The highest BCUT2D eigenvalue weighted by Crippen LogP contribution is 2.51. The summed E-state index contributed by atoms with van der Waals surface area (Å²) >= 11 is 0. The summed E-state index contributed by atoms with van der Waals surface area (Å²) in [6, 6.07) is 14.4. The zero-order valence-electron chi connectivity index (χ0n) is 23.3. The molecular formula is C33H36O6. The van der Waals surface area contributed by atoms with Gasteiger partial charge in [-0.05, 0) is 80.6 Å². The van der Waals surface area contributed by atoms with Crippen molar-refractivity contribution in [1.29, 1.82) is 0 Å². The van der Waals surface area contributed by atoms with Crippen molar-refractivity contribution in [3.05, 3.63) is 82.9 Å². The third-order valence-corrected chi connectivity index (χ3v) is 7.04. The van der Waals surface area contributed by atoms with Gasteiger partial charge in [-0.25, -0.2) is 4.79 Å². The Morgan fingerprint density at radius 1 is 1.03 bits per heavy atom. The van der Waals surface area contributed by atoms with E-state index in [1.54, 1.807) is 37.4 Å². The van der Waals surface area contributed by atoms with Crippen LogP contribution in [-0.2, 0) is 21.7 Å². The molecule has 1 unspecified atom stereocenters. The summed E-state index contributed by atoms with van der Waals surface area (Å²) in [5, 5.41) is 11.5. The zero-order chi connectivity index (χ0) is 28.3. The minimum absolute atomic E-state index is 0.00509. The minimum Gasteiger partial charge on any atom is -0.507 e. The zero-order valence-corrected chi connectivity index (χ0v) is 23.3. The molecule has 0 saturated heterocycles. The van der Waals surface area contributed by atoms with Crippen LogP contribution in [0.4, 0.5) is 0 Å². The molecule has 0 bridgehead atoms. The van der Waals surface area contributed by atoms with Crippen molar-refractivity contribution in [2.45, 2.75) is 65.6 Å². The lowest BCUT2D eigenvalue weighted by Crippen LogP contribution is -2.44. The number of hydrogen-bond donors (Lipinski definition) is 1. The molecule has 6 heteroatoms. The lowest BCUT2D eigenvalue weighted by Gasteiger charge is -2.39. The summed E-state index contributed by atoms with van der Waals surface area (Å²) in [6.45, 7) is 11.5. The van der Waals surface area contributed by atoms with E-state index in [1.807, 2.05) is 32.0 Å². The van der Waals surface area contributed by atoms with Crippen molar-refractivity contribution >= 4 is 17.3 Å². The number of Topliss-reactive ketones (excluding diaryl/α,β-unsaturated/α-hetero) is 1. The predicted molar refractivity (Wildman–Crippen MR) is 152 cm³/mol. The third kappa shape index (κ3) is 5.56. The molecule has 1 aliphatic heterocycles. The second kappa shape index (κ2) is 11.4. The number of fused-ring (bicyclic) bond motifs is 1. The van der Waals surface area contributed by atoms with Gasteiger partial charge in [-0.2, -0.15) is 0 Å². The lowest BCUT2D eigenvalue weighted by molar-refractivity contribution is -0.171. The van der Waals surface area contributed by atoms with Crippen LogP contribution in [0.3, 0.4) is 0 Å². The fraction of sp³-hybridized carbons (Fsp3) is 0.333. The standard InChI is InChI=1S/C33H36O6/c1-7-8-9-10-23-18-28(35)30(27-17-21(4)11-16-26(27)20(2)3)31-29(23)32(36)39-33(38-31,19-22(5)34)24-12-14-25(37-6)15-13-24/h11-18,35H,2,7-10,19H2,1,3-6H3. The Balaban J connectivity index is 2.02. The molecular weight excluding hydrogens is 492 g/mol. The number of cyclic esters (lactones) is 1. The number of esters is 1. The van der Waals surface area contributed by atoms with Crippen LogP contribution in [0.2, 0.25) is 0 Å². The monoisotopic (exact) mass is 528 g/mol. The molecule has 6 nitrogen and oxygen atoms in total. The van der Waals surface area contributed by atoms with E-state index >= 15 is 0 Å². The van der Waals surface area contributed by atoms with Crippen molar-refractivity contribution in [3.8, 4) is 28.4 Å². The molecule has 4 rings (SSSR count). The number of hydrogen-bond acceptors (Lipinski definition) is 6. The van der Waals surface area contributed by atoms with Crippen LogP contribution in [0, 0.1) is 6.92 Å². The van der Waals surface area contributed by atoms with Gasteiger partial charge >= 0.3 is 5.97 Å². The minimum atomic E-state index is -1.71. The number of aryl methyl sites for hydroxylation is 2. The third-order valence-electron chi connectivity index (χ3n) is 7.04. The van der Waals surface area contributed by atoms with Crippen molar-refractivity contribution in [1.82, 2.24) is 0 Å². The lowest BCUT2D eigenvalue weighted by atomic mass is 9.88. The SMILES string of the molecule is C=C(C)c1ccc(C)cc1-c1c(O)cc(CCCCC)c2c1OC(CC(C)=O)(c1ccc(OC)cc1)OC2=O. The molecule has 1 aliphatic rings. The van der Waals surface area contributed by atoms with E-state index in [9.17, 15) is 14.7 Å². The summed E-state index contributed by atoms with van der Waals surface area (Å²) in [4.78, 5) is 26.4. The van der Waals surface area contributed by atoms with Gasteiger partial charge in [0.2, 0.25) is 0 Å². The molecule has 0 saturated carbocycles. The molecule has 0 amide bonds. The second-order valence-electron chi connectivity index (χ2n) is 10.3. The van der Waals surface area contributed by atoms with Crippen LogP contribution < -0.4 is 9.47 Å². The average molecular weight is 529 g/mol. The van der Waals surface area contributed by atoms with Gasteiger partial charge in [-0.15, -0.1) is 0 Å². The van der Waals surface area contributed by atoms with Gasteiger partial charge in [0.1, 0.15) is 22.8 Å². The first-order valence-electron chi connectivity index (χ1n) is 13.3. The summed E-state index contributed by atoms with van der Waals surface area (Å²) in [6.07, 6.45) is 3.20. The number of rotatable bonds is 10. The van der Waals surface area contributed by atoms with Crippen molar-refractivity contribution in [3.63, 3.8) is 0 Å². The summed E-state index contributed by atoms with van der Waals surface area (Å²) in [5.74, 6) is -1.70. The van der Waals surface area contributed by atoms with Crippen molar-refractivity contribution < 1.29 is 28.9 Å². The first-order chi connectivity index (χ1) is 18.6. The Morgan fingerprint density at radius 3 is 2.36 bits per heavy atom. The van der Waals surface area contributed by atoms with Crippen LogP contribution in [0.25, 0.3) is 16.7 Å². The molecule has 39 heavy (non-hydrogen) atoms. The number of aromatic hydroxyl groups is 1. The number of ketones is 1. The van der Waals surface area contributed by atoms with Crippen LogP contribution in [-0.4, -0.2) is 24.0 Å². The van der Waals surface area contributed by atoms with Crippen LogP contribution >= 0.6 is 0 Å². The number of allylic oxidation sites excluding steroid dienone is 1. The first-order valence-corrected chi connectivity index (χ1v) is 13.3. The molecule has 3 aromatic carbocycles. The number of benzene rings is 3. The van der Waals surface area contributed by atoms with E-state index in [-0.39, 0.29) is 29.3 Å². The van der Waals surface area contributed by atoms with Crippen LogP contribution in [0.15, 0.2) is 55.1 Å². The Hall–Kier alpha value is -4.06. The topological polar surface area (TPSA) is 82.1 Å². The van der Waals surface area contributed by atoms with Crippen LogP contribution in [0.5, 0.6) is 17.2 Å². The Bertz CT molecular complexity index is 1420. The summed E-state index contributed by atoms with van der Waals surface area (Å²) < 4.78 is 18.0. The van der Waals surface area contributed by atoms with E-state index in [0.29, 0.717) is 34.4 Å². The Morgan fingerprint density at radius 2 is 1.74 bits per heavy atom. The highest BCUT2D eigenvalue weighted by molar-refractivity contribution is 6.01. The number of phenols is 1. The molecule has 0 aliphatic carbocycles. The summed E-state index contributed by atoms with van der Waals surface area (Å²) in [7, 11) is 1.56. The number of carbonyl (C=O) groups is 2. The molecule has 0 radical (unpaired) electrons. The van der Waals surface area contributed by atoms with Crippen LogP contribution in [0.1, 0.15) is 79.1 Å². The molecule has 0 aromatic heterocycles. The van der Waals surface area contributed by atoms with Gasteiger partial charge in [0.05, 0.1) is 19.1 Å². The van der Waals surface area contributed by atoms with Gasteiger partial charge in [0, 0.05) is 5.56 Å². The fourth-order valence-electron chi connectivity index (χ4n) is 5.13. The first kappa shape index (κ1) is 28.0. The van der Waals surface area contributed by atoms with Gasteiger partial charge < -0.3 is 19.3 Å². The number of unbranched alkanes of at least 4 members (excludes halogenated alkanes) is 2. The number of methoxy groups -OCH3 is 1. The van der Waals surface area contributed by atoms with E-state index < -0.39 is 11.8 Å². The van der Waals surface area contributed by atoms with E-state index in [1.165, 1.54) is 6.92 Å². The van der Waals surface area contributed by atoms with E-state index in [0.717, 1.165) is 36.0 Å². The maximum Gasteiger partial charge on any atom is 0.345 e. The van der Waals surface area contributed by atoms with Crippen molar-refractivity contribution in [2.75, 3.05) is 7.11 Å². The molecule has 1 atom stereocenters. The Kier molecular flexibility index (Phi) is 8.14. The molecule has 204 valence electrons. The van der Waals surface area contributed by atoms with E-state index in [2.05, 4.69) is 13.5 Å². The average Bonchev–Trinajstić information content (AvgIpc) is 2.88. The van der Waals surface area contributed by atoms with E-state index in [4.69, 9.17) is 14.2 Å². The fourth-order valence-corrected chi connectivity index (χ4v) is 5.13. The largest absolute Gasteiger partial charge is 0.507 e. The smallest absolute Gasteiger partial charge is 0.345 e. The van der Waals surface area contributed by atoms with Gasteiger partial charge in [0.25, 0.3) is 5.79 Å². The molecule has 3 aromatic rings. The molecule has 0 fully saturated rings. The van der Waals surface area contributed by atoms with Gasteiger partial charge in [-0.1, -0.05) is 55.7 Å². The normalized spacial score (nSPS) is 16.2. The van der Waals surface area contributed by atoms with Crippen molar-refractivity contribution in [2.24, 2.45) is 0 Å². The predicted octanol–water partition coefficient (Wildman–Crippen LogP) is 7.52. The maximum absolute atomic E-state index is 13.9. The molecule has 1 heterocycles. The number of phenolic OH excluding ortho intramolecular Hbond substituents is 1. The maximum atomic E-state index is 13.9. The quantitative estimate of drug-likeness (QED) is 0.216. The molecule has 1 N–H and O–H groups in total. The highest BCUT2D eigenvalue weighted by Gasteiger charge is 2.47. The molecule has 0 spiro atoms. The Labute approximate surface area is 230 Å². The summed E-state index contributed by atoms with van der Waals surface area (Å²) in [5.41, 5.74) is 5.08. The van der Waals surface area contributed by atoms with Gasteiger partial charge in [-0.3, -0.25) is 4.79 Å².